The highest BCUT2D eigenvalue weighted by atomic mass is 32.2. The number of aryl methyl sites for hydroxylation is 1. The van der Waals surface area contributed by atoms with Crippen molar-refractivity contribution in [2.24, 2.45) is 5.92 Å². The molecule has 0 unspecified atom stereocenters. The van der Waals surface area contributed by atoms with Gasteiger partial charge in [-0.05, 0) is 88.3 Å². The Balaban J connectivity index is 1.20. The normalized spacial score (nSPS) is 27.9. The molecule has 1 saturated heterocycles. The molecule has 3 fully saturated rings. The van der Waals surface area contributed by atoms with E-state index in [1.54, 1.807) is 13.0 Å². The van der Waals surface area contributed by atoms with E-state index in [2.05, 4.69) is 20.3 Å². The first-order valence-corrected chi connectivity index (χ1v) is 20.3. The fourth-order valence-electron chi connectivity index (χ4n) is 7.19. The van der Waals surface area contributed by atoms with Crippen LogP contribution in [0.1, 0.15) is 75.8 Å². The number of nitrogens with one attached hydrogen (secondary N) is 3. The highest BCUT2D eigenvalue weighted by Crippen LogP contribution is 2.47. The Morgan fingerprint density at radius 3 is 2.63 bits per heavy atom. The van der Waals surface area contributed by atoms with Gasteiger partial charge in [-0.3, -0.25) is 19.1 Å². The number of hydrogen-bond donors (Lipinski definition) is 3. The van der Waals surface area contributed by atoms with Crippen molar-refractivity contribution in [2.45, 2.75) is 106 Å². The maximum atomic E-state index is 14.5. The quantitative estimate of drug-likeness (QED) is 0.196. The van der Waals surface area contributed by atoms with Gasteiger partial charge in [0.2, 0.25) is 21.8 Å². The van der Waals surface area contributed by atoms with Crippen LogP contribution < -0.4 is 20.1 Å². The van der Waals surface area contributed by atoms with Gasteiger partial charge in [0.15, 0.2) is 0 Å². The molecule has 1 aromatic heterocycles. The second-order valence-electron chi connectivity index (χ2n) is 15.1. The molecule has 7 rings (SSSR count). The number of fused-ring (bicyclic) bond motifs is 3. The molecular formula is C37H41F4N5O6S2. The summed E-state index contributed by atoms with van der Waals surface area (Å²) in [6.45, 7) is 3.39. The van der Waals surface area contributed by atoms with Crippen LogP contribution in [0.3, 0.4) is 0 Å². The van der Waals surface area contributed by atoms with E-state index in [0.29, 0.717) is 55.3 Å². The van der Waals surface area contributed by atoms with Crippen molar-refractivity contribution in [1.29, 1.82) is 0 Å². The molecule has 2 saturated carbocycles. The number of rotatable bonds is 7. The number of carbonyl (C=O) groups excluding carboxylic acids is 3. The zero-order valence-corrected chi connectivity index (χ0v) is 31.3. The number of nitrogens with zero attached hydrogens (tertiary/aromatic N) is 2. The minimum atomic E-state index is -4.83. The van der Waals surface area contributed by atoms with E-state index < -0.39 is 79.7 Å². The molecule has 3 amide bonds. The van der Waals surface area contributed by atoms with Gasteiger partial charge in [0.25, 0.3) is 11.1 Å². The fraction of sp³-hybridized carbons (Fsp3) is 0.514. The molecule has 3 aromatic rings. The number of benzene rings is 2. The van der Waals surface area contributed by atoms with E-state index in [-0.39, 0.29) is 31.5 Å². The molecular weight excluding hydrogens is 751 g/mol. The molecule has 17 heteroatoms. The number of alkyl halides is 3. The number of aromatic nitrogens is 1. The number of halogens is 4. The summed E-state index contributed by atoms with van der Waals surface area (Å²) in [6, 6.07) is 5.34. The Kier molecular flexibility index (Phi) is 9.94. The first-order valence-electron chi connectivity index (χ1n) is 18.0. The van der Waals surface area contributed by atoms with Crippen LogP contribution in [0.4, 0.5) is 23.2 Å². The minimum Gasteiger partial charge on any atom is -0.465 e. The zero-order chi connectivity index (χ0) is 38.6. The van der Waals surface area contributed by atoms with Crippen molar-refractivity contribution in [3.8, 4) is 5.19 Å². The van der Waals surface area contributed by atoms with Gasteiger partial charge in [-0.25, -0.2) is 17.8 Å². The predicted molar refractivity (Wildman–Crippen MR) is 194 cm³/mol. The molecule has 2 aromatic carbocycles. The summed E-state index contributed by atoms with van der Waals surface area (Å²) < 4.78 is 89.7. The molecule has 2 aliphatic carbocycles. The third-order valence-electron chi connectivity index (χ3n) is 10.8. The summed E-state index contributed by atoms with van der Waals surface area (Å²) >= 11 is 1.30. The van der Waals surface area contributed by atoms with Gasteiger partial charge in [0.05, 0.1) is 27.1 Å². The largest absolute Gasteiger partial charge is 0.465 e. The smallest absolute Gasteiger partial charge is 0.416 e. The van der Waals surface area contributed by atoms with Crippen LogP contribution >= 0.6 is 11.3 Å². The van der Waals surface area contributed by atoms with E-state index >= 15 is 0 Å². The van der Waals surface area contributed by atoms with E-state index in [4.69, 9.17) is 4.74 Å². The lowest BCUT2D eigenvalue weighted by atomic mass is 10.0. The van der Waals surface area contributed by atoms with Crippen LogP contribution in [0.15, 0.2) is 48.6 Å². The summed E-state index contributed by atoms with van der Waals surface area (Å²) in [6.07, 6.45) is 1.60. The van der Waals surface area contributed by atoms with Gasteiger partial charge in [0, 0.05) is 18.0 Å². The predicted octanol–water partition coefficient (Wildman–Crippen LogP) is 5.99. The van der Waals surface area contributed by atoms with Crippen molar-refractivity contribution in [1.82, 2.24) is 19.9 Å². The van der Waals surface area contributed by atoms with E-state index in [9.17, 15) is 40.4 Å². The van der Waals surface area contributed by atoms with Crippen molar-refractivity contribution in [3.05, 3.63) is 65.5 Å². The Morgan fingerprint density at radius 2 is 1.89 bits per heavy atom. The Morgan fingerprint density at radius 1 is 1.11 bits per heavy atom. The highest BCUT2D eigenvalue weighted by molar-refractivity contribution is 7.91. The third-order valence-corrected chi connectivity index (χ3v) is 13.9. The number of anilines is 1. The Bertz CT molecular complexity index is 2120. The van der Waals surface area contributed by atoms with E-state index in [1.807, 2.05) is 31.2 Å². The summed E-state index contributed by atoms with van der Waals surface area (Å²) in [4.78, 5) is 48.4. The molecule has 3 N–H and O–H groups in total. The van der Waals surface area contributed by atoms with Crippen molar-refractivity contribution >= 4 is 55.0 Å². The maximum absolute atomic E-state index is 14.5. The molecule has 3 heterocycles. The van der Waals surface area contributed by atoms with Crippen LogP contribution in [0.25, 0.3) is 10.2 Å². The molecule has 0 spiro atoms. The topological polar surface area (TPSA) is 147 Å². The Labute approximate surface area is 314 Å². The van der Waals surface area contributed by atoms with Crippen molar-refractivity contribution in [3.63, 3.8) is 0 Å². The monoisotopic (exact) mass is 791 g/mol. The van der Waals surface area contributed by atoms with Crippen LogP contribution in [0, 0.1) is 18.7 Å². The number of hydrogen-bond acceptors (Lipinski definition) is 9. The number of carbonyl (C=O) groups is 3. The molecule has 5 atom stereocenters. The zero-order valence-electron chi connectivity index (χ0n) is 29.7. The fourth-order valence-corrected chi connectivity index (χ4v) is 9.48. The average molecular weight is 792 g/mol. The van der Waals surface area contributed by atoms with Gasteiger partial charge in [0.1, 0.15) is 29.5 Å². The lowest BCUT2D eigenvalue weighted by molar-refractivity contribution is -0.140. The van der Waals surface area contributed by atoms with Crippen LogP contribution in [-0.2, 0) is 30.6 Å². The summed E-state index contributed by atoms with van der Waals surface area (Å²) in [5.41, 5.74) is -1.33. The van der Waals surface area contributed by atoms with Crippen LogP contribution in [0.5, 0.6) is 5.19 Å². The van der Waals surface area contributed by atoms with Gasteiger partial charge >= 0.3 is 6.18 Å². The number of sulfonamides is 1. The minimum absolute atomic E-state index is 0.0218. The maximum Gasteiger partial charge on any atom is 0.416 e. The summed E-state index contributed by atoms with van der Waals surface area (Å²) in [7, 11) is -4.04. The highest BCUT2D eigenvalue weighted by Gasteiger charge is 2.63. The molecule has 2 aliphatic heterocycles. The Hall–Kier alpha value is -4.25. The van der Waals surface area contributed by atoms with Gasteiger partial charge in [-0.1, -0.05) is 42.4 Å². The molecule has 11 nitrogen and oxygen atoms in total. The second kappa shape index (κ2) is 14.1. The number of amides is 3. The van der Waals surface area contributed by atoms with E-state index in [1.165, 1.54) is 16.2 Å². The molecule has 54 heavy (non-hydrogen) atoms. The molecule has 4 aliphatic rings. The first-order chi connectivity index (χ1) is 25.5. The second-order valence-corrected chi connectivity index (χ2v) is 18.3. The van der Waals surface area contributed by atoms with E-state index in [0.717, 1.165) is 22.4 Å². The van der Waals surface area contributed by atoms with Crippen LogP contribution in [0.2, 0.25) is 0 Å². The first kappa shape index (κ1) is 38.0. The summed E-state index contributed by atoms with van der Waals surface area (Å²) in [5, 5.41) is 5.94. The van der Waals surface area contributed by atoms with Crippen molar-refractivity contribution in [2.75, 3.05) is 11.9 Å². The standard InChI is InChI=1S/C37H41F4N5O6S2/c1-21-10-11-27-30(14-21)53-34(43-27)52-26-18-29-31(47)44-36(33(49)45-54(50,51)35(2)12-13-35)19-22(36)8-6-4-3-5-7-9-28(32(48)46(29)20-26)42-25-16-23(37(39,40)41)15-24(38)17-25/h6,8,10-11,14-17,22,26,28-29,42H,3-5,7,9,12-13,18-20H2,1-2H3,(H,44,47)(H,45,49)/b8-6-/t22-,26+,28-,29-,36+/m0/s1. The number of ether oxygens (including phenoxy) is 1. The summed E-state index contributed by atoms with van der Waals surface area (Å²) in [5.74, 6) is -3.83. The molecule has 0 radical (unpaired) electrons. The van der Waals surface area contributed by atoms with Gasteiger partial charge < -0.3 is 20.3 Å². The number of allylic oxidation sites excluding steroid dienone is 1. The molecule has 0 bridgehead atoms. The lowest BCUT2D eigenvalue weighted by Crippen LogP contribution is -2.58. The van der Waals surface area contributed by atoms with Gasteiger partial charge in [-0.2, -0.15) is 13.2 Å². The number of thiazole rings is 1. The SMILES string of the molecule is Cc1ccc2nc(O[C@@H]3C[C@H]4C(=O)N[C@]5(C(=O)NS(=O)(=O)C6(C)CC6)C[C@@H]5/C=C\CCCCC[C@H](Nc5cc(F)cc(C(F)(F)F)c5)C(=O)N4C3)sc2c1. The van der Waals surface area contributed by atoms with Crippen molar-refractivity contribution < 1.29 is 45.1 Å². The third kappa shape index (κ3) is 7.79. The lowest BCUT2D eigenvalue weighted by Gasteiger charge is -2.30. The van der Waals surface area contributed by atoms with Crippen LogP contribution in [-0.4, -0.2) is 71.0 Å². The average Bonchev–Trinajstić information content (AvgIpc) is 3.91. The molecule has 290 valence electrons. The van der Waals surface area contributed by atoms with Gasteiger partial charge in [-0.15, -0.1) is 0 Å².